The summed E-state index contributed by atoms with van der Waals surface area (Å²) in [6.07, 6.45) is 1.43. The molecule has 0 spiro atoms. The lowest BCUT2D eigenvalue weighted by atomic mass is 10.4. The van der Waals surface area contributed by atoms with Gasteiger partial charge in [0, 0.05) is 11.1 Å². The highest BCUT2D eigenvalue weighted by atomic mass is 32.1. The molecule has 0 saturated heterocycles. The number of carbonyl (C=O) groups is 1. The summed E-state index contributed by atoms with van der Waals surface area (Å²) in [5.74, 6) is -0.381. The van der Waals surface area contributed by atoms with Crippen LogP contribution in [0.3, 0.4) is 0 Å². The van der Waals surface area contributed by atoms with Crippen LogP contribution in [0.5, 0.6) is 0 Å². The van der Waals surface area contributed by atoms with Gasteiger partial charge in [0.25, 0.3) is 5.26 Å². The molecule has 0 saturated carbocycles. The van der Waals surface area contributed by atoms with Crippen molar-refractivity contribution in [3.05, 3.63) is 16.3 Å². The van der Waals surface area contributed by atoms with E-state index in [2.05, 4.69) is 9.72 Å². The van der Waals surface area contributed by atoms with Gasteiger partial charge in [-0.1, -0.05) is 11.3 Å². The first-order chi connectivity index (χ1) is 5.22. The van der Waals surface area contributed by atoms with Crippen molar-refractivity contribution in [1.29, 1.82) is 0 Å². The lowest BCUT2D eigenvalue weighted by Gasteiger charge is -1.92. The van der Waals surface area contributed by atoms with E-state index in [0.717, 1.165) is 11.3 Å². The van der Waals surface area contributed by atoms with Crippen molar-refractivity contribution in [2.24, 2.45) is 0 Å². The zero-order valence-corrected chi connectivity index (χ0v) is 6.65. The Morgan fingerprint density at radius 3 is 3.09 bits per heavy atom. The summed E-state index contributed by atoms with van der Waals surface area (Å²) < 4.78 is 16.6. The van der Waals surface area contributed by atoms with E-state index in [1.807, 2.05) is 0 Å². The molecule has 5 heteroatoms. The maximum absolute atomic E-state index is 12.2. The summed E-state index contributed by atoms with van der Waals surface area (Å²) in [5.41, 5.74) is 0. The number of hydrogen-bond acceptors (Lipinski definition) is 4. The number of aromatic nitrogens is 1. The zero-order valence-electron chi connectivity index (χ0n) is 5.83. The van der Waals surface area contributed by atoms with E-state index in [-0.39, 0.29) is 12.4 Å². The quantitative estimate of drug-likeness (QED) is 0.629. The summed E-state index contributed by atoms with van der Waals surface area (Å²) in [4.78, 5) is 14.6. The van der Waals surface area contributed by atoms with Crippen molar-refractivity contribution in [2.45, 2.75) is 6.42 Å². The minimum absolute atomic E-state index is 0.0953. The largest absolute Gasteiger partial charge is 0.469 e. The number of carbonyl (C=O) groups excluding carboxylic acids is 1. The third kappa shape index (κ3) is 2.27. The van der Waals surface area contributed by atoms with Crippen LogP contribution in [0.1, 0.15) is 4.88 Å². The SMILES string of the molecule is COC(=O)Cc1cnc(F)s1. The number of esters is 1. The summed E-state index contributed by atoms with van der Waals surface area (Å²) in [7, 11) is 1.29. The van der Waals surface area contributed by atoms with E-state index in [4.69, 9.17) is 0 Å². The predicted octanol–water partition coefficient (Wildman–Crippen LogP) is 0.998. The van der Waals surface area contributed by atoms with Crippen molar-refractivity contribution < 1.29 is 13.9 Å². The molecule has 3 nitrogen and oxygen atoms in total. The summed E-state index contributed by atoms with van der Waals surface area (Å²) >= 11 is 0.853. The van der Waals surface area contributed by atoms with Crippen LogP contribution >= 0.6 is 11.3 Å². The number of ether oxygens (including phenoxy) is 1. The Hall–Kier alpha value is -0.970. The highest BCUT2D eigenvalue weighted by Gasteiger charge is 2.06. The molecule has 0 aromatic carbocycles. The lowest BCUT2D eigenvalue weighted by Crippen LogP contribution is -2.02. The van der Waals surface area contributed by atoms with Crippen molar-refractivity contribution in [2.75, 3.05) is 7.11 Å². The molecule has 0 atom stereocenters. The topological polar surface area (TPSA) is 39.2 Å². The van der Waals surface area contributed by atoms with E-state index in [1.165, 1.54) is 13.3 Å². The molecule has 1 rings (SSSR count). The Kier molecular flexibility index (Phi) is 2.53. The number of thiazole rings is 1. The summed E-state index contributed by atoms with van der Waals surface area (Å²) in [6, 6.07) is 0. The van der Waals surface area contributed by atoms with Gasteiger partial charge in [0.2, 0.25) is 0 Å². The van der Waals surface area contributed by atoms with Crippen LogP contribution in [0.25, 0.3) is 0 Å². The molecule has 0 radical (unpaired) electrons. The van der Waals surface area contributed by atoms with Crippen molar-refractivity contribution >= 4 is 17.3 Å². The number of nitrogens with zero attached hydrogens (tertiary/aromatic N) is 1. The van der Waals surface area contributed by atoms with Gasteiger partial charge in [0.15, 0.2) is 0 Å². The van der Waals surface area contributed by atoms with Crippen LogP contribution in [-0.2, 0) is 16.0 Å². The van der Waals surface area contributed by atoms with Crippen LogP contribution in [0.2, 0.25) is 0 Å². The Balaban J connectivity index is 2.57. The van der Waals surface area contributed by atoms with E-state index < -0.39 is 5.26 Å². The van der Waals surface area contributed by atoms with Gasteiger partial charge in [-0.25, -0.2) is 4.98 Å². The molecule has 0 N–H and O–H groups in total. The van der Waals surface area contributed by atoms with Crippen LogP contribution in [0.15, 0.2) is 6.20 Å². The van der Waals surface area contributed by atoms with Gasteiger partial charge in [0.05, 0.1) is 13.5 Å². The standard InChI is InChI=1S/C6H6FNO2S/c1-10-5(9)2-4-3-8-6(7)11-4/h3H,2H2,1H3. The van der Waals surface area contributed by atoms with Gasteiger partial charge < -0.3 is 4.74 Å². The van der Waals surface area contributed by atoms with Gasteiger partial charge in [-0.05, 0) is 0 Å². The second-order valence-corrected chi connectivity index (χ2v) is 2.90. The van der Waals surface area contributed by atoms with Crippen LogP contribution < -0.4 is 0 Å². The second kappa shape index (κ2) is 3.43. The molecule has 0 fully saturated rings. The molecule has 0 aliphatic rings. The van der Waals surface area contributed by atoms with E-state index in [9.17, 15) is 9.18 Å². The lowest BCUT2D eigenvalue weighted by molar-refractivity contribution is -0.139. The first-order valence-electron chi connectivity index (χ1n) is 2.89. The molecule has 0 amide bonds. The maximum atomic E-state index is 12.2. The molecular weight excluding hydrogens is 169 g/mol. The van der Waals surface area contributed by atoms with E-state index in [0.29, 0.717) is 4.88 Å². The molecule has 1 aromatic heterocycles. The molecule has 0 bridgehead atoms. The molecule has 60 valence electrons. The number of rotatable bonds is 2. The maximum Gasteiger partial charge on any atom is 0.310 e. The highest BCUT2D eigenvalue weighted by Crippen LogP contribution is 2.11. The van der Waals surface area contributed by atoms with Gasteiger partial charge in [-0.3, -0.25) is 4.79 Å². The fourth-order valence-corrected chi connectivity index (χ4v) is 1.20. The molecule has 0 aliphatic carbocycles. The number of halogens is 1. The summed E-state index contributed by atoms with van der Waals surface area (Å²) in [5, 5.41) is -0.524. The van der Waals surface area contributed by atoms with Crippen LogP contribution in [0.4, 0.5) is 4.39 Å². The Labute approximate surface area is 66.8 Å². The molecule has 1 heterocycles. The van der Waals surface area contributed by atoms with Crippen molar-refractivity contribution in [3.8, 4) is 0 Å². The molecular formula is C6H6FNO2S. The van der Waals surface area contributed by atoms with Gasteiger partial charge in [-0.2, -0.15) is 4.39 Å². The average Bonchev–Trinajstić information content (AvgIpc) is 2.35. The second-order valence-electron chi connectivity index (χ2n) is 1.83. The normalized spacial score (nSPS) is 9.64. The Morgan fingerprint density at radius 2 is 2.64 bits per heavy atom. The van der Waals surface area contributed by atoms with Crippen LogP contribution in [0, 0.1) is 5.26 Å². The first kappa shape index (κ1) is 8.13. The van der Waals surface area contributed by atoms with Crippen LogP contribution in [-0.4, -0.2) is 18.1 Å². The molecule has 1 aromatic rings. The third-order valence-electron chi connectivity index (χ3n) is 1.07. The Bertz CT molecular complexity index is 261. The molecule has 11 heavy (non-hydrogen) atoms. The highest BCUT2D eigenvalue weighted by molar-refractivity contribution is 7.10. The van der Waals surface area contributed by atoms with E-state index >= 15 is 0 Å². The monoisotopic (exact) mass is 175 g/mol. The predicted molar refractivity (Wildman–Crippen MR) is 37.8 cm³/mol. The Morgan fingerprint density at radius 1 is 1.91 bits per heavy atom. The smallest absolute Gasteiger partial charge is 0.310 e. The average molecular weight is 175 g/mol. The first-order valence-corrected chi connectivity index (χ1v) is 3.71. The van der Waals surface area contributed by atoms with E-state index in [1.54, 1.807) is 0 Å². The fourth-order valence-electron chi connectivity index (χ4n) is 0.580. The van der Waals surface area contributed by atoms with Crippen molar-refractivity contribution in [3.63, 3.8) is 0 Å². The minimum Gasteiger partial charge on any atom is -0.469 e. The molecule has 0 unspecified atom stereocenters. The number of hydrogen-bond donors (Lipinski definition) is 0. The third-order valence-corrected chi connectivity index (χ3v) is 1.86. The van der Waals surface area contributed by atoms with Gasteiger partial charge in [0.1, 0.15) is 0 Å². The molecule has 0 aliphatic heterocycles. The summed E-state index contributed by atoms with van der Waals surface area (Å²) in [6.45, 7) is 0. The fraction of sp³-hybridized carbons (Fsp3) is 0.333. The van der Waals surface area contributed by atoms with Gasteiger partial charge >= 0.3 is 5.97 Å². The minimum atomic E-state index is -0.524. The number of methoxy groups -OCH3 is 1. The zero-order chi connectivity index (χ0) is 8.27. The van der Waals surface area contributed by atoms with Gasteiger partial charge in [-0.15, -0.1) is 0 Å². The van der Waals surface area contributed by atoms with Crippen molar-refractivity contribution in [1.82, 2.24) is 4.98 Å².